The number of hydrogen-bond acceptors (Lipinski definition) is 4. The van der Waals surface area contributed by atoms with Crippen LogP contribution < -0.4 is 5.55 Å². The fourth-order valence-corrected chi connectivity index (χ4v) is 3.62. The van der Waals surface area contributed by atoms with Crippen molar-refractivity contribution in [1.29, 1.82) is 5.26 Å². The Bertz CT molecular complexity index is 1120. The average Bonchev–Trinajstić information content (AvgIpc) is 2.76. The van der Waals surface area contributed by atoms with Gasteiger partial charge in [0.25, 0.3) is 0 Å². The van der Waals surface area contributed by atoms with Gasteiger partial charge in [-0.1, -0.05) is 44.4 Å². The van der Waals surface area contributed by atoms with E-state index in [0.717, 1.165) is 47.0 Å². The third-order valence-corrected chi connectivity index (χ3v) is 5.25. The molecular formula is C26H28N2O2. The minimum atomic E-state index is 0.183. The number of fused-ring (bicyclic) bond motifs is 1. The van der Waals surface area contributed by atoms with Crippen LogP contribution in [-0.4, -0.2) is 5.78 Å². The van der Waals surface area contributed by atoms with Gasteiger partial charge in [-0.25, -0.2) is 4.99 Å². The maximum atomic E-state index is 11.7. The Morgan fingerprint density at radius 1 is 1.00 bits per heavy atom. The maximum Gasteiger partial charge on any atom is 0.227 e. The van der Waals surface area contributed by atoms with E-state index in [1.807, 2.05) is 30.3 Å². The summed E-state index contributed by atoms with van der Waals surface area (Å²) in [4.78, 5) is 16.4. The van der Waals surface area contributed by atoms with Gasteiger partial charge in [0, 0.05) is 18.2 Å². The molecular weight excluding hydrogens is 372 g/mol. The van der Waals surface area contributed by atoms with E-state index >= 15 is 0 Å². The first-order valence-corrected chi connectivity index (χ1v) is 10.7. The van der Waals surface area contributed by atoms with E-state index < -0.39 is 0 Å². The number of aryl methyl sites for hydroxylation is 2. The number of unbranched alkanes of at least 4 members (excludes halogenated alkanes) is 3. The quantitative estimate of drug-likeness (QED) is 0.403. The molecule has 0 unspecified atom stereocenters. The molecule has 3 rings (SSSR count). The summed E-state index contributed by atoms with van der Waals surface area (Å²) in [5.74, 6) is 1.11. The van der Waals surface area contributed by atoms with Gasteiger partial charge in [-0.15, -0.1) is 0 Å². The SMILES string of the molecule is CCCCCCc1oc(=Nc2ccc(C#N)cc2)c2ccccc2c1CCC(C)=O. The minimum absolute atomic E-state index is 0.183. The van der Waals surface area contributed by atoms with Crippen molar-refractivity contribution in [3.63, 3.8) is 0 Å². The van der Waals surface area contributed by atoms with Gasteiger partial charge in [0.15, 0.2) is 0 Å². The summed E-state index contributed by atoms with van der Waals surface area (Å²) >= 11 is 0. The van der Waals surface area contributed by atoms with Gasteiger partial charge in [-0.3, -0.25) is 0 Å². The molecule has 0 aliphatic carbocycles. The summed E-state index contributed by atoms with van der Waals surface area (Å²) in [7, 11) is 0. The fourth-order valence-electron chi connectivity index (χ4n) is 3.62. The number of nitriles is 1. The second kappa shape index (κ2) is 10.5. The Morgan fingerprint density at radius 2 is 1.73 bits per heavy atom. The predicted molar refractivity (Wildman–Crippen MR) is 119 cm³/mol. The summed E-state index contributed by atoms with van der Waals surface area (Å²) in [6, 6.07) is 17.4. The highest BCUT2D eigenvalue weighted by Gasteiger charge is 2.13. The Balaban J connectivity index is 2.11. The summed E-state index contributed by atoms with van der Waals surface area (Å²) in [5.41, 5.74) is 3.05. The van der Waals surface area contributed by atoms with E-state index in [2.05, 4.69) is 19.1 Å². The number of benzene rings is 2. The lowest BCUT2D eigenvalue weighted by Crippen LogP contribution is -2.10. The monoisotopic (exact) mass is 400 g/mol. The molecule has 0 aliphatic heterocycles. The van der Waals surface area contributed by atoms with Crippen LogP contribution in [-0.2, 0) is 17.6 Å². The number of carbonyl (C=O) groups is 1. The molecule has 154 valence electrons. The van der Waals surface area contributed by atoms with Gasteiger partial charge in [-0.2, -0.15) is 5.26 Å². The molecule has 4 nitrogen and oxygen atoms in total. The van der Waals surface area contributed by atoms with Gasteiger partial charge >= 0.3 is 0 Å². The first-order valence-electron chi connectivity index (χ1n) is 10.7. The number of rotatable bonds is 9. The largest absolute Gasteiger partial charge is 0.442 e. The molecule has 0 spiro atoms. The van der Waals surface area contributed by atoms with Crippen molar-refractivity contribution in [2.45, 2.75) is 58.8 Å². The zero-order chi connectivity index (χ0) is 21.3. The molecule has 3 aromatic rings. The molecule has 1 aromatic heterocycles. The Labute approximate surface area is 177 Å². The Hall–Kier alpha value is -3.19. The molecule has 4 heteroatoms. The van der Waals surface area contributed by atoms with Crippen LogP contribution in [0.1, 0.15) is 62.8 Å². The van der Waals surface area contributed by atoms with E-state index in [1.165, 1.54) is 12.8 Å². The highest BCUT2D eigenvalue weighted by Crippen LogP contribution is 2.24. The lowest BCUT2D eigenvalue weighted by molar-refractivity contribution is -0.116. The van der Waals surface area contributed by atoms with Crippen molar-refractivity contribution in [3.05, 3.63) is 71.0 Å². The number of Topliss-reactive ketones (excluding diaryl/α,β-unsaturated/α-hetero) is 1. The number of carbonyl (C=O) groups excluding carboxylic acids is 1. The first kappa shape index (κ1) is 21.5. The molecule has 0 aliphatic rings. The molecule has 0 radical (unpaired) electrons. The number of hydrogen-bond donors (Lipinski definition) is 0. The van der Waals surface area contributed by atoms with Crippen molar-refractivity contribution in [3.8, 4) is 6.07 Å². The van der Waals surface area contributed by atoms with Gasteiger partial charge in [-0.05, 0) is 61.0 Å². The lowest BCUT2D eigenvalue weighted by atomic mass is 9.97. The summed E-state index contributed by atoms with van der Waals surface area (Å²) < 4.78 is 6.35. The van der Waals surface area contributed by atoms with Crippen LogP contribution in [0.5, 0.6) is 0 Å². The van der Waals surface area contributed by atoms with E-state index in [4.69, 9.17) is 14.7 Å². The summed E-state index contributed by atoms with van der Waals surface area (Å²) in [5, 5.41) is 11.1. The molecule has 0 N–H and O–H groups in total. The Morgan fingerprint density at radius 3 is 2.40 bits per heavy atom. The van der Waals surface area contributed by atoms with Crippen molar-refractivity contribution in [2.75, 3.05) is 0 Å². The minimum Gasteiger partial charge on any atom is -0.442 e. The van der Waals surface area contributed by atoms with Crippen molar-refractivity contribution in [1.82, 2.24) is 0 Å². The zero-order valence-electron chi connectivity index (χ0n) is 17.8. The smallest absolute Gasteiger partial charge is 0.227 e. The average molecular weight is 401 g/mol. The van der Waals surface area contributed by atoms with Crippen LogP contribution in [0.3, 0.4) is 0 Å². The molecule has 0 amide bonds. The van der Waals surface area contributed by atoms with Gasteiger partial charge in [0.2, 0.25) is 5.55 Å². The molecule has 0 bridgehead atoms. The number of ketones is 1. The van der Waals surface area contributed by atoms with Crippen LogP contribution in [0.4, 0.5) is 5.69 Å². The van der Waals surface area contributed by atoms with E-state index in [9.17, 15) is 4.79 Å². The molecule has 0 saturated heterocycles. The normalized spacial score (nSPS) is 11.6. The van der Waals surface area contributed by atoms with Crippen molar-refractivity contribution in [2.24, 2.45) is 4.99 Å². The zero-order valence-corrected chi connectivity index (χ0v) is 17.8. The van der Waals surface area contributed by atoms with Gasteiger partial charge in [0.05, 0.1) is 17.3 Å². The highest BCUT2D eigenvalue weighted by atomic mass is 16.3. The van der Waals surface area contributed by atoms with Crippen LogP contribution in [0, 0.1) is 11.3 Å². The molecule has 0 saturated carbocycles. The molecule has 30 heavy (non-hydrogen) atoms. The molecule has 0 fully saturated rings. The van der Waals surface area contributed by atoms with Crippen molar-refractivity contribution < 1.29 is 9.21 Å². The van der Waals surface area contributed by atoms with E-state index in [0.29, 0.717) is 24.0 Å². The van der Waals surface area contributed by atoms with Gasteiger partial charge in [0.1, 0.15) is 11.5 Å². The van der Waals surface area contributed by atoms with E-state index in [-0.39, 0.29) is 5.78 Å². The third-order valence-electron chi connectivity index (χ3n) is 5.25. The van der Waals surface area contributed by atoms with Gasteiger partial charge < -0.3 is 9.21 Å². The van der Waals surface area contributed by atoms with Crippen LogP contribution >= 0.6 is 0 Å². The fraction of sp³-hybridized carbons (Fsp3) is 0.346. The number of nitrogens with zero attached hydrogens (tertiary/aromatic N) is 2. The van der Waals surface area contributed by atoms with Crippen LogP contribution in [0.2, 0.25) is 0 Å². The topological polar surface area (TPSA) is 66.4 Å². The summed E-state index contributed by atoms with van der Waals surface area (Å²) in [6.45, 7) is 3.84. The van der Waals surface area contributed by atoms with Crippen LogP contribution in [0.15, 0.2) is 57.9 Å². The molecule has 1 heterocycles. The Kier molecular flexibility index (Phi) is 7.57. The standard InChI is InChI=1S/C26H28N2O2/c1-3-4-5-6-11-25-23(17-12-19(2)29)22-9-7-8-10-24(22)26(30-25)28-21-15-13-20(18-27)14-16-21/h7-10,13-16H,3-6,11-12,17H2,1-2H3. The van der Waals surface area contributed by atoms with Crippen LogP contribution in [0.25, 0.3) is 10.8 Å². The third kappa shape index (κ3) is 5.45. The predicted octanol–water partition coefficient (Wildman–Crippen LogP) is 6.18. The molecule has 0 atom stereocenters. The first-order chi connectivity index (χ1) is 14.6. The second-order valence-corrected chi connectivity index (χ2v) is 7.64. The second-order valence-electron chi connectivity index (χ2n) is 7.64. The maximum absolute atomic E-state index is 11.7. The molecule has 2 aromatic carbocycles. The highest BCUT2D eigenvalue weighted by molar-refractivity contribution is 5.85. The lowest BCUT2D eigenvalue weighted by Gasteiger charge is -2.12. The van der Waals surface area contributed by atoms with Crippen molar-refractivity contribution >= 4 is 22.2 Å². The van der Waals surface area contributed by atoms with E-state index in [1.54, 1.807) is 19.1 Å². The summed E-state index contributed by atoms with van der Waals surface area (Å²) in [6.07, 6.45) is 6.64.